The number of halogens is 4. The molecule has 0 saturated heterocycles. The predicted molar refractivity (Wildman–Crippen MR) is 66.5 cm³/mol. The molecule has 8 heteroatoms. The zero-order chi connectivity index (χ0) is 14.5. The van der Waals surface area contributed by atoms with Crippen LogP contribution in [0.4, 0.5) is 13.2 Å². The predicted octanol–water partition coefficient (Wildman–Crippen LogP) is 3.27. The Kier molecular flexibility index (Phi) is 5.51. The third-order valence-corrected chi connectivity index (χ3v) is 2.99. The van der Waals surface area contributed by atoms with E-state index in [9.17, 15) is 18.0 Å². The van der Waals surface area contributed by atoms with Crippen molar-refractivity contribution in [2.45, 2.75) is 11.6 Å². The third-order valence-electron chi connectivity index (χ3n) is 2.00. The SMILES string of the molecule is N#C[C@@H](NC(=O)CSC(F)(F)F)c1ccc(Cl)cc1. The summed E-state index contributed by atoms with van der Waals surface area (Å²) in [6.07, 6.45) is 0. The first-order chi connectivity index (χ1) is 8.81. The molecule has 1 rings (SSSR count). The maximum atomic E-state index is 11.9. The fourth-order valence-corrected chi connectivity index (χ4v) is 1.70. The quantitative estimate of drug-likeness (QED) is 0.928. The van der Waals surface area contributed by atoms with Crippen LogP contribution in [0.25, 0.3) is 0 Å². The van der Waals surface area contributed by atoms with Crippen molar-refractivity contribution in [3.05, 3.63) is 34.9 Å². The number of rotatable bonds is 4. The second kappa shape index (κ2) is 6.68. The van der Waals surface area contributed by atoms with Crippen LogP contribution in [0.3, 0.4) is 0 Å². The number of carbonyl (C=O) groups is 1. The van der Waals surface area contributed by atoms with Gasteiger partial charge in [-0.1, -0.05) is 23.7 Å². The number of amides is 1. The second-order valence-electron chi connectivity index (χ2n) is 3.42. The summed E-state index contributed by atoms with van der Waals surface area (Å²) < 4.78 is 35.7. The second-order valence-corrected chi connectivity index (χ2v) is 4.89. The molecule has 3 nitrogen and oxygen atoms in total. The molecule has 0 unspecified atom stereocenters. The Labute approximate surface area is 116 Å². The first-order valence-electron chi connectivity index (χ1n) is 4.97. The van der Waals surface area contributed by atoms with E-state index in [1.165, 1.54) is 24.3 Å². The molecule has 1 atom stereocenters. The minimum absolute atomic E-state index is 0.451. The summed E-state index contributed by atoms with van der Waals surface area (Å²) in [5.41, 5.74) is -4.02. The van der Waals surface area contributed by atoms with Crippen molar-refractivity contribution < 1.29 is 18.0 Å². The van der Waals surface area contributed by atoms with Gasteiger partial charge in [0, 0.05) is 5.02 Å². The van der Waals surface area contributed by atoms with Gasteiger partial charge in [-0.2, -0.15) is 18.4 Å². The van der Waals surface area contributed by atoms with Gasteiger partial charge in [0.25, 0.3) is 0 Å². The van der Waals surface area contributed by atoms with Crippen molar-refractivity contribution in [3.8, 4) is 6.07 Å². The Balaban J connectivity index is 2.60. The fourth-order valence-electron chi connectivity index (χ4n) is 1.20. The summed E-state index contributed by atoms with van der Waals surface area (Å²) in [6.45, 7) is 0. The lowest BCUT2D eigenvalue weighted by Gasteiger charge is -2.12. The van der Waals surface area contributed by atoms with Crippen molar-refractivity contribution in [1.82, 2.24) is 5.32 Å². The number of nitriles is 1. The molecule has 0 saturated carbocycles. The van der Waals surface area contributed by atoms with E-state index >= 15 is 0 Å². The highest BCUT2D eigenvalue weighted by Gasteiger charge is 2.29. The maximum absolute atomic E-state index is 11.9. The molecular weight excluding hydrogens is 301 g/mol. The van der Waals surface area contributed by atoms with Crippen LogP contribution in [0.1, 0.15) is 11.6 Å². The molecule has 0 aromatic heterocycles. The van der Waals surface area contributed by atoms with Crippen molar-refractivity contribution >= 4 is 29.3 Å². The van der Waals surface area contributed by atoms with Crippen molar-refractivity contribution in [2.24, 2.45) is 0 Å². The third kappa shape index (κ3) is 5.85. The Morgan fingerprint density at radius 1 is 1.42 bits per heavy atom. The molecule has 0 fully saturated rings. The van der Waals surface area contributed by atoms with E-state index in [2.05, 4.69) is 5.32 Å². The average Bonchev–Trinajstić information content (AvgIpc) is 2.34. The number of carbonyl (C=O) groups excluding carboxylic acids is 1. The highest BCUT2D eigenvalue weighted by atomic mass is 35.5. The van der Waals surface area contributed by atoms with Gasteiger partial charge in [0.15, 0.2) is 0 Å². The van der Waals surface area contributed by atoms with Crippen LogP contribution in [0, 0.1) is 11.3 Å². The lowest BCUT2D eigenvalue weighted by atomic mass is 10.1. The van der Waals surface area contributed by atoms with Gasteiger partial charge in [0.05, 0.1) is 11.8 Å². The Morgan fingerprint density at radius 2 is 2.00 bits per heavy atom. The van der Waals surface area contributed by atoms with Gasteiger partial charge in [-0.05, 0) is 29.5 Å². The summed E-state index contributed by atoms with van der Waals surface area (Å²) in [5.74, 6) is -1.64. The molecular formula is C11H8ClF3N2OS. The van der Waals surface area contributed by atoms with E-state index < -0.39 is 35.0 Å². The molecule has 1 aromatic carbocycles. The molecule has 19 heavy (non-hydrogen) atoms. The van der Waals surface area contributed by atoms with E-state index in [0.29, 0.717) is 10.6 Å². The number of nitrogens with zero attached hydrogens (tertiary/aromatic N) is 1. The Bertz CT molecular complexity index is 484. The first kappa shape index (κ1) is 15.7. The molecule has 0 heterocycles. The summed E-state index contributed by atoms with van der Waals surface area (Å²) in [4.78, 5) is 11.3. The highest BCUT2D eigenvalue weighted by molar-refractivity contribution is 8.00. The number of hydrogen-bond acceptors (Lipinski definition) is 3. The summed E-state index contributed by atoms with van der Waals surface area (Å²) >= 11 is 5.22. The van der Waals surface area contributed by atoms with E-state index in [1.54, 1.807) is 6.07 Å². The summed E-state index contributed by atoms with van der Waals surface area (Å²) in [7, 11) is 0. The van der Waals surface area contributed by atoms with E-state index in [0.717, 1.165) is 0 Å². The van der Waals surface area contributed by atoms with Crippen LogP contribution in [0.2, 0.25) is 5.02 Å². The van der Waals surface area contributed by atoms with Gasteiger partial charge in [0.1, 0.15) is 6.04 Å². The molecule has 0 spiro atoms. The molecule has 1 aromatic rings. The number of nitrogens with one attached hydrogen (secondary N) is 1. The Hall–Kier alpha value is -1.39. The van der Waals surface area contributed by atoms with Crippen LogP contribution in [0.15, 0.2) is 24.3 Å². The van der Waals surface area contributed by atoms with Gasteiger partial charge in [-0.25, -0.2) is 0 Å². The minimum Gasteiger partial charge on any atom is -0.336 e. The molecule has 0 aliphatic rings. The zero-order valence-corrected chi connectivity index (χ0v) is 10.9. The highest BCUT2D eigenvalue weighted by Crippen LogP contribution is 2.29. The number of alkyl halides is 3. The summed E-state index contributed by atoms with van der Waals surface area (Å²) in [5, 5.41) is 11.6. The topological polar surface area (TPSA) is 52.9 Å². The minimum atomic E-state index is -4.47. The lowest BCUT2D eigenvalue weighted by molar-refractivity contribution is -0.119. The van der Waals surface area contributed by atoms with Crippen molar-refractivity contribution in [1.29, 1.82) is 5.26 Å². The van der Waals surface area contributed by atoms with Gasteiger partial charge in [0.2, 0.25) is 5.91 Å². The van der Waals surface area contributed by atoms with Gasteiger partial charge < -0.3 is 5.32 Å². The summed E-state index contributed by atoms with van der Waals surface area (Å²) in [6, 6.07) is 6.89. The van der Waals surface area contributed by atoms with Gasteiger partial charge in [-0.15, -0.1) is 0 Å². The van der Waals surface area contributed by atoms with Crippen LogP contribution >= 0.6 is 23.4 Å². The van der Waals surface area contributed by atoms with Crippen molar-refractivity contribution in [2.75, 3.05) is 5.75 Å². The molecule has 0 aliphatic heterocycles. The number of thioether (sulfide) groups is 1. The fraction of sp³-hybridized carbons (Fsp3) is 0.273. The average molecular weight is 309 g/mol. The van der Waals surface area contributed by atoms with E-state index in [4.69, 9.17) is 16.9 Å². The van der Waals surface area contributed by atoms with E-state index in [1.807, 2.05) is 0 Å². The van der Waals surface area contributed by atoms with Crippen LogP contribution in [0.5, 0.6) is 0 Å². The monoisotopic (exact) mass is 308 g/mol. The molecule has 1 N–H and O–H groups in total. The van der Waals surface area contributed by atoms with Crippen molar-refractivity contribution in [3.63, 3.8) is 0 Å². The maximum Gasteiger partial charge on any atom is 0.442 e. The number of hydrogen-bond donors (Lipinski definition) is 1. The molecule has 0 bridgehead atoms. The molecule has 0 radical (unpaired) electrons. The molecule has 0 aliphatic carbocycles. The largest absolute Gasteiger partial charge is 0.442 e. The number of benzene rings is 1. The normalized spacial score (nSPS) is 12.6. The van der Waals surface area contributed by atoms with Crippen LogP contribution < -0.4 is 5.32 Å². The van der Waals surface area contributed by atoms with Crippen LogP contribution in [-0.4, -0.2) is 17.2 Å². The van der Waals surface area contributed by atoms with E-state index in [-0.39, 0.29) is 0 Å². The standard InChI is InChI=1S/C11H8ClF3N2OS/c12-8-3-1-7(2-4-8)9(5-16)17-10(18)6-19-11(13,14)15/h1-4,9H,6H2,(H,17,18)/t9-/m1/s1. The van der Waals surface area contributed by atoms with Gasteiger partial charge in [-0.3, -0.25) is 4.79 Å². The Morgan fingerprint density at radius 3 is 2.47 bits per heavy atom. The first-order valence-corrected chi connectivity index (χ1v) is 6.33. The zero-order valence-electron chi connectivity index (χ0n) is 9.37. The smallest absolute Gasteiger partial charge is 0.336 e. The lowest BCUT2D eigenvalue weighted by Crippen LogP contribution is -2.30. The van der Waals surface area contributed by atoms with Gasteiger partial charge >= 0.3 is 5.51 Å². The van der Waals surface area contributed by atoms with Crippen LogP contribution in [-0.2, 0) is 4.79 Å². The molecule has 102 valence electrons. The molecule has 1 amide bonds.